The molecular formula is C16H20N4OS2. The fraction of sp³-hybridized carbons (Fsp3) is 0.312. The average Bonchev–Trinajstić information content (AvgIpc) is 3.20. The van der Waals surface area contributed by atoms with Crippen molar-refractivity contribution in [2.45, 2.75) is 18.6 Å². The Kier molecular flexibility index (Phi) is 6.61. The van der Waals surface area contributed by atoms with E-state index in [0.717, 1.165) is 22.4 Å². The van der Waals surface area contributed by atoms with Gasteiger partial charge in [-0.2, -0.15) is 0 Å². The number of hydrogen-bond acceptors (Lipinski definition) is 5. The minimum atomic E-state index is 0.0399. The molecule has 0 spiro atoms. The Morgan fingerprint density at radius 1 is 1.39 bits per heavy atom. The van der Waals surface area contributed by atoms with Crippen LogP contribution >= 0.6 is 23.1 Å². The summed E-state index contributed by atoms with van der Waals surface area (Å²) < 4.78 is 2.04. The molecule has 0 saturated carbocycles. The normalized spacial score (nSPS) is 10.5. The Labute approximate surface area is 144 Å². The number of thioether (sulfide) groups is 1. The third kappa shape index (κ3) is 4.33. The van der Waals surface area contributed by atoms with Gasteiger partial charge in [-0.3, -0.25) is 4.79 Å². The van der Waals surface area contributed by atoms with Crippen LogP contribution in [0.5, 0.6) is 0 Å². The van der Waals surface area contributed by atoms with Crippen molar-refractivity contribution in [2.24, 2.45) is 0 Å². The summed E-state index contributed by atoms with van der Waals surface area (Å²) in [6.45, 7) is 11.2. The molecule has 0 fully saturated rings. The summed E-state index contributed by atoms with van der Waals surface area (Å²) in [5.74, 6) is 1.22. The van der Waals surface area contributed by atoms with Crippen molar-refractivity contribution in [3.8, 4) is 10.7 Å². The highest BCUT2D eigenvalue weighted by atomic mass is 32.2. The first-order valence-electron chi connectivity index (χ1n) is 7.30. The van der Waals surface area contributed by atoms with E-state index >= 15 is 0 Å². The van der Waals surface area contributed by atoms with E-state index in [1.54, 1.807) is 28.4 Å². The fourth-order valence-electron chi connectivity index (χ4n) is 2.08. The summed E-state index contributed by atoms with van der Waals surface area (Å²) in [4.78, 5) is 15.1. The molecule has 0 atom stereocenters. The molecule has 1 amide bonds. The predicted molar refractivity (Wildman–Crippen MR) is 96.7 cm³/mol. The van der Waals surface area contributed by atoms with Gasteiger partial charge in [-0.25, -0.2) is 0 Å². The van der Waals surface area contributed by atoms with Crippen molar-refractivity contribution in [1.29, 1.82) is 0 Å². The second-order valence-electron chi connectivity index (χ2n) is 4.69. The second kappa shape index (κ2) is 8.69. The predicted octanol–water partition coefficient (Wildman–Crippen LogP) is 3.32. The molecule has 2 aromatic heterocycles. The van der Waals surface area contributed by atoms with E-state index in [1.807, 2.05) is 29.0 Å². The monoisotopic (exact) mass is 348 g/mol. The molecule has 0 aromatic carbocycles. The molecule has 0 aliphatic carbocycles. The molecule has 0 bridgehead atoms. The zero-order valence-electron chi connectivity index (χ0n) is 13.1. The molecule has 2 aromatic rings. The quantitative estimate of drug-likeness (QED) is 0.515. The molecule has 122 valence electrons. The van der Waals surface area contributed by atoms with E-state index in [-0.39, 0.29) is 5.91 Å². The SMILES string of the molecule is C=CCN(CC=C)C(=O)CSc1nnc(-c2cccs2)n1CC. The van der Waals surface area contributed by atoms with Crippen LogP contribution in [0.1, 0.15) is 6.92 Å². The Balaban J connectivity index is 2.07. The van der Waals surface area contributed by atoms with Crippen LogP contribution in [0.4, 0.5) is 0 Å². The number of aromatic nitrogens is 3. The molecule has 0 saturated heterocycles. The van der Waals surface area contributed by atoms with Crippen molar-refractivity contribution in [2.75, 3.05) is 18.8 Å². The smallest absolute Gasteiger partial charge is 0.233 e. The van der Waals surface area contributed by atoms with Gasteiger partial charge >= 0.3 is 0 Å². The lowest BCUT2D eigenvalue weighted by atomic mass is 10.4. The fourth-order valence-corrected chi connectivity index (χ4v) is 3.70. The van der Waals surface area contributed by atoms with Crippen LogP contribution in [0.3, 0.4) is 0 Å². The van der Waals surface area contributed by atoms with Gasteiger partial charge in [0.2, 0.25) is 5.91 Å². The van der Waals surface area contributed by atoms with Crippen LogP contribution in [0, 0.1) is 0 Å². The van der Waals surface area contributed by atoms with Crippen LogP contribution in [0.25, 0.3) is 10.7 Å². The molecule has 0 unspecified atom stereocenters. The second-order valence-corrected chi connectivity index (χ2v) is 6.58. The van der Waals surface area contributed by atoms with E-state index in [0.29, 0.717) is 18.8 Å². The highest BCUT2D eigenvalue weighted by Crippen LogP contribution is 2.27. The number of rotatable bonds is 9. The largest absolute Gasteiger partial charge is 0.335 e. The van der Waals surface area contributed by atoms with E-state index in [2.05, 4.69) is 23.4 Å². The van der Waals surface area contributed by atoms with Gasteiger partial charge in [0.15, 0.2) is 11.0 Å². The van der Waals surface area contributed by atoms with Crippen LogP contribution < -0.4 is 0 Å². The Bertz CT molecular complexity index is 654. The number of carbonyl (C=O) groups is 1. The summed E-state index contributed by atoms with van der Waals surface area (Å²) in [6, 6.07) is 4.02. The summed E-state index contributed by atoms with van der Waals surface area (Å²) in [5, 5.41) is 11.3. The van der Waals surface area contributed by atoms with E-state index < -0.39 is 0 Å². The zero-order valence-corrected chi connectivity index (χ0v) is 14.8. The molecule has 23 heavy (non-hydrogen) atoms. The number of thiophene rings is 1. The number of carbonyl (C=O) groups excluding carboxylic acids is 1. The van der Waals surface area contributed by atoms with Crippen molar-refractivity contribution in [3.05, 3.63) is 42.8 Å². The molecule has 2 heterocycles. The first kappa shape index (κ1) is 17.5. The zero-order chi connectivity index (χ0) is 16.7. The van der Waals surface area contributed by atoms with Gasteiger partial charge in [-0.1, -0.05) is 30.0 Å². The molecule has 0 aliphatic rings. The number of amides is 1. The summed E-state index contributed by atoms with van der Waals surface area (Å²) in [5.41, 5.74) is 0. The third-order valence-electron chi connectivity index (χ3n) is 3.15. The molecule has 2 rings (SSSR count). The Morgan fingerprint density at radius 2 is 2.13 bits per heavy atom. The molecule has 0 aliphatic heterocycles. The van der Waals surface area contributed by atoms with Crippen molar-refractivity contribution in [3.63, 3.8) is 0 Å². The van der Waals surface area contributed by atoms with Crippen LogP contribution in [-0.2, 0) is 11.3 Å². The maximum absolute atomic E-state index is 12.3. The molecule has 7 heteroatoms. The number of nitrogens with zero attached hydrogens (tertiary/aromatic N) is 4. The summed E-state index contributed by atoms with van der Waals surface area (Å²) >= 11 is 3.04. The first-order valence-corrected chi connectivity index (χ1v) is 9.17. The van der Waals surface area contributed by atoms with Crippen molar-refractivity contribution >= 4 is 29.0 Å². The van der Waals surface area contributed by atoms with E-state index in [1.165, 1.54) is 11.8 Å². The molecule has 5 nitrogen and oxygen atoms in total. The van der Waals surface area contributed by atoms with Gasteiger partial charge in [0.05, 0.1) is 10.6 Å². The summed E-state index contributed by atoms with van der Waals surface area (Å²) in [6.07, 6.45) is 3.44. The van der Waals surface area contributed by atoms with Crippen molar-refractivity contribution < 1.29 is 4.79 Å². The molecule has 0 N–H and O–H groups in total. The Morgan fingerprint density at radius 3 is 2.70 bits per heavy atom. The van der Waals surface area contributed by atoms with E-state index in [4.69, 9.17) is 0 Å². The van der Waals surface area contributed by atoms with E-state index in [9.17, 15) is 4.79 Å². The van der Waals surface area contributed by atoms with Gasteiger partial charge in [0.1, 0.15) is 0 Å². The van der Waals surface area contributed by atoms with Gasteiger partial charge < -0.3 is 9.47 Å². The van der Waals surface area contributed by atoms with Gasteiger partial charge in [-0.15, -0.1) is 34.7 Å². The van der Waals surface area contributed by atoms with Gasteiger partial charge in [-0.05, 0) is 18.4 Å². The minimum absolute atomic E-state index is 0.0399. The maximum atomic E-state index is 12.3. The topological polar surface area (TPSA) is 51.0 Å². The van der Waals surface area contributed by atoms with Crippen LogP contribution in [0.15, 0.2) is 48.0 Å². The number of hydrogen-bond donors (Lipinski definition) is 0. The molecular weight excluding hydrogens is 328 g/mol. The van der Waals surface area contributed by atoms with Crippen LogP contribution in [-0.4, -0.2) is 44.4 Å². The highest BCUT2D eigenvalue weighted by molar-refractivity contribution is 7.99. The molecule has 0 radical (unpaired) electrons. The van der Waals surface area contributed by atoms with Gasteiger partial charge in [0, 0.05) is 19.6 Å². The highest BCUT2D eigenvalue weighted by Gasteiger charge is 2.17. The standard InChI is InChI=1S/C16H20N4OS2/c1-4-9-19(10-5-2)14(21)12-23-16-18-17-15(20(16)6-3)13-8-7-11-22-13/h4-5,7-8,11H,1-2,6,9-10,12H2,3H3. The Hall–Kier alpha value is -1.86. The van der Waals surface area contributed by atoms with Crippen LogP contribution in [0.2, 0.25) is 0 Å². The maximum Gasteiger partial charge on any atom is 0.233 e. The third-order valence-corrected chi connectivity index (χ3v) is 4.97. The lowest BCUT2D eigenvalue weighted by molar-refractivity contribution is -0.127. The lowest BCUT2D eigenvalue weighted by Gasteiger charge is -2.18. The lowest BCUT2D eigenvalue weighted by Crippen LogP contribution is -2.32. The minimum Gasteiger partial charge on any atom is -0.335 e. The van der Waals surface area contributed by atoms with Gasteiger partial charge in [0.25, 0.3) is 0 Å². The first-order chi connectivity index (χ1) is 11.2. The van der Waals surface area contributed by atoms with Crippen molar-refractivity contribution in [1.82, 2.24) is 19.7 Å². The summed E-state index contributed by atoms with van der Waals surface area (Å²) in [7, 11) is 0. The average molecular weight is 348 g/mol.